The molecule has 2 unspecified atom stereocenters. The molecule has 2 rings (SSSR count). The molecule has 0 spiro atoms. The van der Waals surface area contributed by atoms with Crippen LogP contribution in [0.5, 0.6) is 0 Å². The number of benzene rings is 1. The number of amides is 3. The fourth-order valence-electron chi connectivity index (χ4n) is 3.71. The third kappa shape index (κ3) is 7.85. The summed E-state index contributed by atoms with van der Waals surface area (Å²) in [7, 11) is 1.44. The number of aliphatic hydroxyl groups is 4. The number of hydrogen-bond donors (Lipinski definition) is 6. The molecule has 202 valence electrons. The van der Waals surface area contributed by atoms with Gasteiger partial charge >= 0.3 is 6.09 Å². The number of rotatable bonds is 11. The molecule has 1 aliphatic heterocycles. The van der Waals surface area contributed by atoms with Crippen LogP contribution in [0.4, 0.5) is 10.5 Å². The first-order chi connectivity index (χ1) is 17.0. The Morgan fingerprint density at radius 3 is 2.31 bits per heavy atom. The van der Waals surface area contributed by atoms with E-state index in [1.807, 2.05) is 0 Å². The Kier molecular flexibility index (Phi) is 11.0. The van der Waals surface area contributed by atoms with Crippen LogP contribution in [0.25, 0.3) is 0 Å². The highest BCUT2D eigenvalue weighted by Gasteiger charge is 2.44. The van der Waals surface area contributed by atoms with Gasteiger partial charge in [0.2, 0.25) is 11.8 Å². The number of carbonyl (C=O) groups is 3. The van der Waals surface area contributed by atoms with Crippen LogP contribution in [0.2, 0.25) is 0 Å². The van der Waals surface area contributed by atoms with Crippen LogP contribution in [-0.2, 0) is 30.4 Å². The molecule has 7 N–H and O–H groups in total. The normalized spacial score (nSPS) is 24.7. The van der Waals surface area contributed by atoms with Crippen LogP contribution < -0.4 is 11.1 Å². The highest BCUT2D eigenvalue weighted by Crippen LogP contribution is 2.22. The number of nitrogens with one attached hydrogen (secondary N) is 1. The van der Waals surface area contributed by atoms with Gasteiger partial charge in [-0.15, -0.1) is 0 Å². The first kappa shape index (κ1) is 29.4. The highest BCUT2D eigenvalue weighted by atomic mass is 16.7. The van der Waals surface area contributed by atoms with E-state index in [0.29, 0.717) is 11.3 Å². The minimum atomic E-state index is -1.56. The Morgan fingerprint density at radius 2 is 1.75 bits per heavy atom. The summed E-state index contributed by atoms with van der Waals surface area (Å²) in [5.74, 6) is -1.19. The average molecular weight is 514 g/mol. The van der Waals surface area contributed by atoms with Crippen molar-refractivity contribution < 1.29 is 49.0 Å². The number of primary amides is 1. The second kappa shape index (κ2) is 13.5. The molecular formula is C23H35N3O10. The molecule has 13 heteroatoms. The number of nitrogens with zero attached hydrogens (tertiary/aromatic N) is 1. The summed E-state index contributed by atoms with van der Waals surface area (Å²) < 4.78 is 15.7. The van der Waals surface area contributed by atoms with Gasteiger partial charge in [0.1, 0.15) is 37.1 Å². The monoisotopic (exact) mass is 513 g/mol. The van der Waals surface area contributed by atoms with E-state index in [-0.39, 0.29) is 25.6 Å². The van der Waals surface area contributed by atoms with E-state index in [9.17, 15) is 34.8 Å². The zero-order valence-corrected chi connectivity index (χ0v) is 20.4. The van der Waals surface area contributed by atoms with E-state index in [1.54, 1.807) is 38.1 Å². The summed E-state index contributed by atoms with van der Waals surface area (Å²) in [5.41, 5.74) is 6.49. The summed E-state index contributed by atoms with van der Waals surface area (Å²) in [6.07, 6.45) is -7.80. The molecule has 1 saturated heterocycles. The Hall–Kier alpha value is -2.81. The highest BCUT2D eigenvalue weighted by molar-refractivity contribution is 5.90. The lowest BCUT2D eigenvalue weighted by Crippen LogP contribution is -2.59. The van der Waals surface area contributed by atoms with Gasteiger partial charge < -0.3 is 45.7 Å². The lowest BCUT2D eigenvalue weighted by atomic mass is 9.99. The van der Waals surface area contributed by atoms with E-state index >= 15 is 0 Å². The molecule has 6 atom stereocenters. The maximum absolute atomic E-state index is 12.2. The van der Waals surface area contributed by atoms with Gasteiger partial charge in [-0.1, -0.05) is 26.0 Å². The topological polar surface area (TPSA) is 201 Å². The van der Waals surface area contributed by atoms with Gasteiger partial charge in [0.25, 0.3) is 0 Å². The molecule has 3 amide bonds. The Morgan fingerprint density at radius 1 is 1.11 bits per heavy atom. The second-order valence-electron chi connectivity index (χ2n) is 8.82. The number of ether oxygens (including phenoxy) is 3. The molecule has 13 nitrogen and oxygen atoms in total. The van der Waals surface area contributed by atoms with Gasteiger partial charge in [0.05, 0.1) is 19.6 Å². The van der Waals surface area contributed by atoms with Gasteiger partial charge in [0, 0.05) is 12.7 Å². The summed E-state index contributed by atoms with van der Waals surface area (Å²) in [4.78, 5) is 37.2. The number of nitrogens with two attached hydrogens (primary N) is 1. The third-order valence-electron chi connectivity index (χ3n) is 5.69. The molecule has 1 aromatic carbocycles. The average Bonchev–Trinajstić information content (AvgIpc) is 2.82. The van der Waals surface area contributed by atoms with Crippen molar-refractivity contribution in [2.24, 2.45) is 11.7 Å². The third-order valence-corrected chi connectivity index (χ3v) is 5.69. The molecule has 0 aliphatic carbocycles. The first-order valence-electron chi connectivity index (χ1n) is 11.5. The van der Waals surface area contributed by atoms with Gasteiger partial charge in [-0.2, -0.15) is 0 Å². The van der Waals surface area contributed by atoms with E-state index in [4.69, 9.17) is 19.9 Å². The van der Waals surface area contributed by atoms with Crippen molar-refractivity contribution in [3.8, 4) is 0 Å². The number of aliphatic hydroxyl groups excluding tert-OH is 4. The summed E-state index contributed by atoms with van der Waals surface area (Å²) >= 11 is 0. The molecule has 1 fully saturated rings. The maximum Gasteiger partial charge on any atom is 0.410 e. The molecule has 0 radical (unpaired) electrons. The molecule has 0 saturated carbocycles. The van der Waals surface area contributed by atoms with Crippen molar-refractivity contribution in [2.45, 2.75) is 63.6 Å². The predicted octanol–water partition coefficient (Wildman–Crippen LogP) is -1.09. The molecule has 1 aliphatic rings. The summed E-state index contributed by atoms with van der Waals surface area (Å²) in [5, 5.41) is 41.3. The minimum Gasteiger partial charge on any atom is -0.445 e. The molecule has 36 heavy (non-hydrogen) atoms. The van der Waals surface area contributed by atoms with Crippen LogP contribution in [0.15, 0.2) is 24.3 Å². The van der Waals surface area contributed by atoms with Crippen molar-refractivity contribution >= 4 is 23.6 Å². The van der Waals surface area contributed by atoms with Crippen LogP contribution in [-0.4, -0.2) is 100 Å². The Bertz CT molecular complexity index is 879. The lowest BCUT2D eigenvalue weighted by Gasteiger charge is -2.39. The van der Waals surface area contributed by atoms with Crippen LogP contribution in [0.1, 0.15) is 25.8 Å². The number of carbonyl (C=O) groups excluding carboxylic acids is 3. The minimum absolute atomic E-state index is 0.0477. The second-order valence-corrected chi connectivity index (χ2v) is 8.82. The molecule has 0 bridgehead atoms. The fraction of sp³-hybridized carbons (Fsp3) is 0.609. The fourth-order valence-corrected chi connectivity index (χ4v) is 3.71. The summed E-state index contributed by atoms with van der Waals surface area (Å²) in [6.45, 7) is 2.76. The maximum atomic E-state index is 12.2. The first-order valence-corrected chi connectivity index (χ1v) is 11.5. The molecule has 0 aromatic heterocycles. The number of hydrogen-bond acceptors (Lipinski definition) is 10. The standard InChI is InChI=1S/C23H35N3O10/c1-12(2)17(21(24)32)26(3)23(33)35-11-13-4-6-14(7-5-13)25-16(28)8-9-34-22-20(31)19(30)18(29)15(10-27)36-22/h4-7,12,15,17-20,22,27,29-31H,8-11H2,1-3H3,(H2,24,32)(H,25,28)/t15-,17+,18?,19+,20?,22-/m1/s1. The van der Waals surface area contributed by atoms with Gasteiger partial charge in [0.15, 0.2) is 6.29 Å². The zero-order chi connectivity index (χ0) is 27.0. The van der Waals surface area contributed by atoms with Gasteiger partial charge in [-0.3, -0.25) is 14.5 Å². The largest absolute Gasteiger partial charge is 0.445 e. The van der Waals surface area contributed by atoms with Crippen molar-refractivity contribution in [1.29, 1.82) is 0 Å². The molecular weight excluding hydrogens is 478 g/mol. The number of anilines is 1. The van der Waals surface area contributed by atoms with Crippen LogP contribution in [0.3, 0.4) is 0 Å². The van der Waals surface area contributed by atoms with Crippen molar-refractivity contribution in [3.63, 3.8) is 0 Å². The SMILES string of the molecule is CC(C)[C@@H](C(N)=O)N(C)C(=O)OCc1ccc(NC(=O)CCO[C@@H]2O[C@H](CO)C(O)[C@H](O)C2O)cc1. The zero-order valence-electron chi connectivity index (χ0n) is 20.4. The molecule has 1 aromatic rings. The Balaban J connectivity index is 1.78. The van der Waals surface area contributed by atoms with Crippen LogP contribution >= 0.6 is 0 Å². The van der Waals surface area contributed by atoms with Gasteiger partial charge in [-0.05, 0) is 23.6 Å². The number of likely N-dealkylation sites (N-methyl/N-ethyl adjacent to an activating group) is 1. The quantitative estimate of drug-likeness (QED) is 0.211. The Labute approximate surface area is 208 Å². The predicted molar refractivity (Wildman–Crippen MR) is 125 cm³/mol. The van der Waals surface area contributed by atoms with Crippen LogP contribution in [0, 0.1) is 5.92 Å². The summed E-state index contributed by atoms with van der Waals surface area (Å²) in [6, 6.07) is 5.75. The van der Waals surface area contributed by atoms with E-state index in [1.165, 1.54) is 7.05 Å². The lowest BCUT2D eigenvalue weighted by molar-refractivity contribution is -0.300. The van der Waals surface area contributed by atoms with E-state index in [2.05, 4.69) is 5.32 Å². The van der Waals surface area contributed by atoms with Gasteiger partial charge in [-0.25, -0.2) is 4.79 Å². The van der Waals surface area contributed by atoms with Crippen molar-refractivity contribution in [2.75, 3.05) is 25.6 Å². The van der Waals surface area contributed by atoms with Crippen molar-refractivity contribution in [3.05, 3.63) is 29.8 Å². The van der Waals surface area contributed by atoms with E-state index < -0.39 is 61.3 Å². The smallest absolute Gasteiger partial charge is 0.410 e. The molecule has 1 heterocycles. The van der Waals surface area contributed by atoms with E-state index in [0.717, 1.165) is 4.90 Å². The van der Waals surface area contributed by atoms with Crippen molar-refractivity contribution in [1.82, 2.24) is 4.90 Å².